The van der Waals surface area contributed by atoms with E-state index in [4.69, 9.17) is 14.7 Å². The van der Waals surface area contributed by atoms with E-state index in [1.54, 1.807) is 0 Å². The van der Waals surface area contributed by atoms with Crippen molar-refractivity contribution in [1.29, 1.82) is 5.26 Å². The number of hydrogen-bond acceptors (Lipinski definition) is 5. The largest absolute Gasteiger partial charge is 0.389 e. The molecule has 0 radical (unpaired) electrons. The van der Waals surface area contributed by atoms with Gasteiger partial charge in [0.25, 0.3) is 0 Å². The molecule has 1 aromatic rings. The van der Waals surface area contributed by atoms with Crippen molar-refractivity contribution in [1.82, 2.24) is 0 Å². The number of benzene rings is 1. The number of nitrogens with zero attached hydrogens (tertiary/aromatic N) is 1. The van der Waals surface area contributed by atoms with Gasteiger partial charge in [-0.25, -0.2) is 4.39 Å². The average Bonchev–Trinajstić information content (AvgIpc) is 2.45. The molecule has 0 amide bonds. The van der Waals surface area contributed by atoms with Gasteiger partial charge in [0, 0.05) is 6.54 Å². The molecule has 5 nitrogen and oxygen atoms in total. The first-order valence-corrected chi connectivity index (χ1v) is 6.84. The molecular formula is C15H21FN2O3. The number of rotatable bonds is 9. The van der Waals surface area contributed by atoms with Crippen LogP contribution < -0.4 is 5.32 Å². The summed E-state index contributed by atoms with van der Waals surface area (Å²) in [5, 5.41) is 21.1. The predicted octanol–water partition coefficient (Wildman–Crippen LogP) is 1.91. The average molecular weight is 296 g/mol. The highest BCUT2D eigenvalue weighted by molar-refractivity contribution is 5.48. The molecule has 0 heterocycles. The monoisotopic (exact) mass is 296 g/mol. The molecule has 0 bridgehead atoms. The van der Waals surface area contributed by atoms with Crippen LogP contribution in [0, 0.1) is 17.1 Å². The van der Waals surface area contributed by atoms with Crippen LogP contribution in [-0.4, -0.2) is 43.7 Å². The van der Waals surface area contributed by atoms with Gasteiger partial charge in [-0.1, -0.05) is 0 Å². The fraction of sp³-hybridized carbons (Fsp3) is 0.533. The van der Waals surface area contributed by atoms with E-state index < -0.39 is 11.9 Å². The van der Waals surface area contributed by atoms with Crippen LogP contribution in [0.25, 0.3) is 0 Å². The Balaban J connectivity index is 2.24. The zero-order chi connectivity index (χ0) is 15.7. The lowest BCUT2D eigenvalue weighted by atomic mass is 10.2. The minimum Gasteiger partial charge on any atom is -0.389 e. The fourth-order valence-corrected chi connectivity index (χ4v) is 1.58. The Hall–Kier alpha value is -1.68. The summed E-state index contributed by atoms with van der Waals surface area (Å²) in [4.78, 5) is 0. The maximum absolute atomic E-state index is 13.6. The van der Waals surface area contributed by atoms with Crippen molar-refractivity contribution in [2.24, 2.45) is 0 Å². The van der Waals surface area contributed by atoms with Crippen LogP contribution in [0.1, 0.15) is 19.4 Å². The van der Waals surface area contributed by atoms with Gasteiger partial charge in [0.05, 0.1) is 49.3 Å². The minimum atomic E-state index is -0.751. The molecule has 1 unspecified atom stereocenters. The van der Waals surface area contributed by atoms with E-state index in [1.165, 1.54) is 12.1 Å². The van der Waals surface area contributed by atoms with Crippen LogP contribution in [0.5, 0.6) is 0 Å². The van der Waals surface area contributed by atoms with Crippen LogP contribution in [0.3, 0.4) is 0 Å². The van der Waals surface area contributed by atoms with Gasteiger partial charge in [-0.05, 0) is 32.0 Å². The first kappa shape index (κ1) is 17.4. The molecule has 0 aliphatic rings. The zero-order valence-electron chi connectivity index (χ0n) is 12.3. The smallest absolute Gasteiger partial charge is 0.147 e. The van der Waals surface area contributed by atoms with Crippen molar-refractivity contribution in [2.75, 3.05) is 31.7 Å². The number of aliphatic hydroxyl groups is 1. The van der Waals surface area contributed by atoms with Crippen LogP contribution in [0.2, 0.25) is 0 Å². The number of nitriles is 1. The van der Waals surface area contributed by atoms with Crippen LogP contribution in [0.4, 0.5) is 10.1 Å². The van der Waals surface area contributed by atoms with E-state index in [9.17, 15) is 9.50 Å². The highest BCUT2D eigenvalue weighted by Crippen LogP contribution is 2.15. The van der Waals surface area contributed by atoms with Crippen molar-refractivity contribution < 1.29 is 19.0 Å². The topological polar surface area (TPSA) is 74.5 Å². The van der Waals surface area contributed by atoms with Crippen LogP contribution >= 0.6 is 0 Å². The molecule has 0 fully saturated rings. The Morgan fingerprint density at radius 3 is 2.76 bits per heavy atom. The number of halogens is 1. The van der Waals surface area contributed by atoms with E-state index >= 15 is 0 Å². The molecule has 1 aromatic carbocycles. The third kappa shape index (κ3) is 7.04. The van der Waals surface area contributed by atoms with Crippen molar-refractivity contribution in [3.8, 4) is 6.07 Å². The molecule has 0 aliphatic carbocycles. The second-order valence-electron chi connectivity index (χ2n) is 4.84. The van der Waals surface area contributed by atoms with Crippen molar-refractivity contribution in [2.45, 2.75) is 26.1 Å². The molecule has 1 rings (SSSR count). The molecular weight excluding hydrogens is 275 g/mol. The summed E-state index contributed by atoms with van der Waals surface area (Å²) < 4.78 is 24.1. The summed E-state index contributed by atoms with van der Waals surface area (Å²) in [5.74, 6) is -0.521. The fourth-order valence-electron chi connectivity index (χ4n) is 1.58. The van der Waals surface area contributed by atoms with Gasteiger partial charge in [-0.2, -0.15) is 5.26 Å². The molecule has 6 heteroatoms. The Morgan fingerprint density at radius 1 is 1.38 bits per heavy atom. The lowest BCUT2D eigenvalue weighted by Gasteiger charge is -2.14. The van der Waals surface area contributed by atoms with Crippen molar-refractivity contribution in [3.63, 3.8) is 0 Å². The Labute approximate surface area is 124 Å². The van der Waals surface area contributed by atoms with Gasteiger partial charge in [0.1, 0.15) is 5.82 Å². The second kappa shape index (κ2) is 9.29. The molecule has 0 aromatic heterocycles. The van der Waals surface area contributed by atoms with Gasteiger partial charge in [0.2, 0.25) is 0 Å². The van der Waals surface area contributed by atoms with Crippen molar-refractivity contribution >= 4 is 5.69 Å². The molecule has 0 spiro atoms. The van der Waals surface area contributed by atoms with E-state index in [-0.39, 0.29) is 30.5 Å². The summed E-state index contributed by atoms with van der Waals surface area (Å²) >= 11 is 0. The van der Waals surface area contributed by atoms with Gasteiger partial charge in [0.15, 0.2) is 0 Å². The second-order valence-corrected chi connectivity index (χ2v) is 4.84. The van der Waals surface area contributed by atoms with Crippen LogP contribution in [-0.2, 0) is 9.47 Å². The van der Waals surface area contributed by atoms with Gasteiger partial charge in [-0.3, -0.25) is 0 Å². The Bertz CT molecular complexity index is 474. The van der Waals surface area contributed by atoms with E-state index in [2.05, 4.69) is 5.32 Å². The Morgan fingerprint density at radius 2 is 2.14 bits per heavy atom. The highest BCUT2D eigenvalue weighted by atomic mass is 19.1. The number of ether oxygens (including phenoxy) is 2. The number of aliphatic hydroxyl groups excluding tert-OH is 1. The lowest BCUT2D eigenvalue weighted by molar-refractivity contribution is -0.00735. The van der Waals surface area contributed by atoms with Crippen molar-refractivity contribution in [3.05, 3.63) is 29.6 Å². The normalized spacial score (nSPS) is 12.2. The van der Waals surface area contributed by atoms with E-state index in [0.717, 1.165) is 6.07 Å². The van der Waals surface area contributed by atoms with E-state index in [0.29, 0.717) is 13.2 Å². The highest BCUT2D eigenvalue weighted by Gasteiger charge is 2.07. The quantitative estimate of drug-likeness (QED) is 0.681. The molecule has 21 heavy (non-hydrogen) atoms. The molecule has 1 atom stereocenters. The summed E-state index contributed by atoms with van der Waals surface area (Å²) in [7, 11) is 0. The molecule has 116 valence electrons. The minimum absolute atomic E-state index is 0.145. The molecule has 0 saturated heterocycles. The summed E-state index contributed by atoms with van der Waals surface area (Å²) in [6.07, 6.45) is -0.598. The van der Waals surface area contributed by atoms with Crippen LogP contribution in [0.15, 0.2) is 18.2 Å². The van der Waals surface area contributed by atoms with Gasteiger partial charge in [-0.15, -0.1) is 0 Å². The first-order chi connectivity index (χ1) is 10.0. The zero-order valence-corrected chi connectivity index (χ0v) is 12.3. The first-order valence-electron chi connectivity index (χ1n) is 6.84. The lowest BCUT2D eigenvalue weighted by Crippen LogP contribution is -2.26. The number of nitrogens with one attached hydrogen (secondary N) is 1. The summed E-state index contributed by atoms with van der Waals surface area (Å²) in [6, 6.07) is 5.99. The molecule has 0 saturated carbocycles. The summed E-state index contributed by atoms with van der Waals surface area (Å²) in [6.45, 7) is 5.05. The third-order valence-electron chi connectivity index (χ3n) is 2.62. The van der Waals surface area contributed by atoms with E-state index in [1.807, 2.05) is 19.9 Å². The predicted molar refractivity (Wildman–Crippen MR) is 77.5 cm³/mol. The Kier molecular flexibility index (Phi) is 7.69. The summed E-state index contributed by atoms with van der Waals surface area (Å²) in [5.41, 5.74) is 0.503. The van der Waals surface area contributed by atoms with Gasteiger partial charge < -0.3 is 19.9 Å². The number of hydrogen-bond donors (Lipinski definition) is 2. The SMILES string of the molecule is CC(C)OCCOCC(O)CNc1ccc(C#N)cc1F. The molecule has 2 N–H and O–H groups in total. The standard InChI is InChI=1S/C15H21FN2O3/c1-11(2)21-6-5-20-10-13(19)9-18-15-4-3-12(8-17)7-14(15)16/h3-4,7,11,13,18-19H,5-6,9-10H2,1-2H3. The maximum atomic E-state index is 13.6. The molecule has 0 aliphatic heterocycles. The maximum Gasteiger partial charge on any atom is 0.147 e. The third-order valence-corrected chi connectivity index (χ3v) is 2.62. The number of anilines is 1. The van der Waals surface area contributed by atoms with Gasteiger partial charge >= 0.3 is 0 Å².